The van der Waals surface area contributed by atoms with Crippen molar-refractivity contribution in [2.75, 3.05) is 41.0 Å². The highest BCUT2D eigenvalue weighted by atomic mass is 19.4. The molecule has 0 radical (unpaired) electrons. The van der Waals surface area contributed by atoms with Crippen LogP contribution in [0.15, 0.2) is 12.1 Å². The third kappa shape index (κ3) is 3.50. The molecule has 0 spiro atoms. The Morgan fingerprint density at radius 2 is 1.83 bits per heavy atom. The molecule has 0 bridgehead atoms. The highest BCUT2D eigenvalue weighted by molar-refractivity contribution is 5.98. The lowest BCUT2D eigenvalue weighted by Gasteiger charge is -2.34. The fraction of sp³-hybridized carbons (Fsp3) is 0.533. The molecule has 1 atom stereocenters. The summed E-state index contributed by atoms with van der Waals surface area (Å²) in [6.07, 6.45) is -6.53. The van der Waals surface area contributed by atoms with Crippen LogP contribution in [0.25, 0.3) is 0 Å². The molecule has 0 N–H and O–H groups in total. The molecule has 6 nitrogen and oxygen atoms in total. The van der Waals surface area contributed by atoms with Crippen molar-refractivity contribution in [1.29, 1.82) is 0 Å². The summed E-state index contributed by atoms with van der Waals surface area (Å²) in [5, 5.41) is 0. The third-order valence-corrected chi connectivity index (χ3v) is 3.65. The van der Waals surface area contributed by atoms with Gasteiger partial charge < -0.3 is 23.8 Å². The molecule has 1 fully saturated rings. The van der Waals surface area contributed by atoms with Crippen LogP contribution in [0.4, 0.5) is 13.2 Å². The van der Waals surface area contributed by atoms with Crippen LogP contribution >= 0.6 is 0 Å². The molecule has 1 aromatic rings. The standard InChI is InChI=1S/C15H18F3NO5/c1-21-10-5-4-9(12(22-2)13(10)23-3)14(20)19-6-7-24-11(8-19)15(16,17)18/h4-5,11H,6-8H2,1-3H3/t11-/m0/s1. The number of benzene rings is 1. The monoisotopic (exact) mass is 349 g/mol. The van der Waals surface area contributed by atoms with E-state index >= 15 is 0 Å². The summed E-state index contributed by atoms with van der Waals surface area (Å²) in [7, 11) is 4.14. The minimum absolute atomic E-state index is 0.0584. The average molecular weight is 349 g/mol. The SMILES string of the molecule is COc1ccc(C(=O)N2CCO[C@H](C(F)(F)F)C2)c(OC)c1OC. The van der Waals surface area contributed by atoms with Gasteiger partial charge in [0.25, 0.3) is 5.91 Å². The summed E-state index contributed by atoms with van der Waals surface area (Å²) in [4.78, 5) is 13.7. The number of nitrogens with zero attached hydrogens (tertiary/aromatic N) is 1. The van der Waals surface area contributed by atoms with Crippen molar-refractivity contribution >= 4 is 5.91 Å². The van der Waals surface area contributed by atoms with Gasteiger partial charge in [0, 0.05) is 6.54 Å². The molecule has 1 amide bonds. The van der Waals surface area contributed by atoms with E-state index in [4.69, 9.17) is 18.9 Å². The highest BCUT2D eigenvalue weighted by Crippen LogP contribution is 2.40. The molecule has 1 heterocycles. The Labute approximate surface area is 137 Å². The lowest BCUT2D eigenvalue weighted by Crippen LogP contribution is -2.51. The number of hydrogen-bond acceptors (Lipinski definition) is 5. The Balaban J connectivity index is 2.32. The van der Waals surface area contributed by atoms with Crippen molar-refractivity contribution in [3.63, 3.8) is 0 Å². The van der Waals surface area contributed by atoms with E-state index in [2.05, 4.69) is 0 Å². The predicted octanol–water partition coefficient (Wildman–Crippen LogP) is 2.12. The zero-order chi connectivity index (χ0) is 17.9. The number of carbonyl (C=O) groups is 1. The number of alkyl halides is 3. The van der Waals surface area contributed by atoms with Gasteiger partial charge in [-0.1, -0.05) is 0 Å². The summed E-state index contributed by atoms with van der Waals surface area (Å²) in [5.41, 5.74) is 0.0953. The molecule has 0 aromatic heterocycles. The molecule has 9 heteroatoms. The number of ether oxygens (including phenoxy) is 4. The Morgan fingerprint density at radius 1 is 1.17 bits per heavy atom. The van der Waals surface area contributed by atoms with Crippen molar-refractivity contribution in [2.45, 2.75) is 12.3 Å². The van der Waals surface area contributed by atoms with E-state index in [-0.39, 0.29) is 30.2 Å². The van der Waals surface area contributed by atoms with Crippen LogP contribution in [-0.2, 0) is 4.74 Å². The van der Waals surface area contributed by atoms with Crippen LogP contribution in [0.2, 0.25) is 0 Å². The van der Waals surface area contributed by atoms with Crippen LogP contribution in [0.3, 0.4) is 0 Å². The van der Waals surface area contributed by atoms with Gasteiger partial charge >= 0.3 is 6.18 Å². The van der Waals surface area contributed by atoms with Crippen molar-refractivity contribution in [2.24, 2.45) is 0 Å². The van der Waals surface area contributed by atoms with Crippen LogP contribution < -0.4 is 14.2 Å². The van der Waals surface area contributed by atoms with E-state index in [0.29, 0.717) is 5.75 Å². The second kappa shape index (κ2) is 7.16. The lowest BCUT2D eigenvalue weighted by molar-refractivity contribution is -0.233. The van der Waals surface area contributed by atoms with Gasteiger partial charge in [-0.05, 0) is 12.1 Å². The van der Waals surface area contributed by atoms with Gasteiger partial charge in [-0.15, -0.1) is 0 Å². The summed E-state index contributed by atoms with van der Waals surface area (Å²) in [6.45, 7) is -0.700. The smallest absolute Gasteiger partial charge is 0.416 e. The first-order valence-corrected chi connectivity index (χ1v) is 7.10. The van der Waals surface area contributed by atoms with Gasteiger partial charge in [0.1, 0.15) is 0 Å². The molecule has 0 aliphatic carbocycles. The molecule has 0 saturated carbocycles. The molecular weight excluding hydrogens is 331 g/mol. The Kier molecular flexibility index (Phi) is 5.43. The number of amides is 1. The lowest BCUT2D eigenvalue weighted by atomic mass is 10.1. The first-order valence-electron chi connectivity index (χ1n) is 7.10. The summed E-state index contributed by atoms with van der Waals surface area (Å²) >= 11 is 0. The second-order valence-corrected chi connectivity index (χ2v) is 5.03. The zero-order valence-electron chi connectivity index (χ0n) is 13.5. The van der Waals surface area contributed by atoms with Crippen molar-refractivity contribution in [3.8, 4) is 17.2 Å². The van der Waals surface area contributed by atoms with Gasteiger partial charge in [0.2, 0.25) is 5.75 Å². The first-order chi connectivity index (χ1) is 11.3. The molecule has 1 aliphatic heterocycles. The fourth-order valence-electron chi connectivity index (χ4n) is 2.47. The number of morpholine rings is 1. The Morgan fingerprint density at radius 3 is 2.38 bits per heavy atom. The van der Waals surface area contributed by atoms with Gasteiger partial charge in [-0.2, -0.15) is 13.2 Å². The number of methoxy groups -OCH3 is 3. The molecule has 1 saturated heterocycles. The number of hydrogen-bond donors (Lipinski definition) is 0. The van der Waals surface area contributed by atoms with Crippen LogP contribution in [0.5, 0.6) is 17.2 Å². The minimum Gasteiger partial charge on any atom is -0.493 e. The molecular formula is C15H18F3NO5. The number of carbonyl (C=O) groups excluding carboxylic acids is 1. The Hall–Kier alpha value is -2.16. The number of rotatable bonds is 4. The number of halogens is 3. The topological polar surface area (TPSA) is 57.2 Å². The van der Waals surface area contributed by atoms with E-state index in [1.54, 1.807) is 0 Å². The first kappa shape index (κ1) is 18.2. The summed E-state index contributed by atoms with van der Waals surface area (Å²) in [5.74, 6) is 0.0646. The largest absolute Gasteiger partial charge is 0.493 e. The zero-order valence-corrected chi connectivity index (χ0v) is 13.5. The normalized spacial score (nSPS) is 18.2. The minimum atomic E-state index is -4.53. The van der Waals surface area contributed by atoms with E-state index in [0.717, 1.165) is 4.90 Å². The molecule has 2 rings (SSSR count). The van der Waals surface area contributed by atoms with Crippen molar-refractivity contribution in [3.05, 3.63) is 17.7 Å². The van der Waals surface area contributed by atoms with E-state index in [1.165, 1.54) is 33.5 Å². The van der Waals surface area contributed by atoms with Gasteiger partial charge in [-0.25, -0.2) is 0 Å². The van der Waals surface area contributed by atoms with Crippen molar-refractivity contribution in [1.82, 2.24) is 4.90 Å². The van der Waals surface area contributed by atoms with E-state index < -0.39 is 24.7 Å². The second-order valence-electron chi connectivity index (χ2n) is 5.03. The van der Waals surface area contributed by atoms with Crippen molar-refractivity contribution < 1.29 is 36.9 Å². The molecule has 0 unspecified atom stereocenters. The molecule has 1 aliphatic rings. The highest BCUT2D eigenvalue weighted by Gasteiger charge is 2.44. The summed E-state index contributed by atoms with van der Waals surface area (Å²) < 4.78 is 58.7. The van der Waals surface area contributed by atoms with E-state index in [9.17, 15) is 18.0 Å². The van der Waals surface area contributed by atoms with E-state index in [1.807, 2.05) is 0 Å². The maximum Gasteiger partial charge on any atom is 0.416 e. The maximum atomic E-state index is 12.8. The Bertz CT molecular complexity index is 606. The van der Waals surface area contributed by atoms with Crippen LogP contribution in [0.1, 0.15) is 10.4 Å². The molecule has 24 heavy (non-hydrogen) atoms. The fourth-order valence-corrected chi connectivity index (χ4v) is 2.47. The average Bonchev–Trinajstić information content (AvgIpc) is 2.58. The van der Waals surface area contributed by atoms with Crippen LogP contribution in [-0.4, -0.2) is 64.1 Å². The van der Waals surface area contributed by atoms with Gasteiger partial charge in [0.05, 0.1) is 40.0 Å². The summed E-state index contributed by atoms with van der Waals surface area (Å²) in [6, 6.07) is 2.93. The van der Waals surface area contributed by atoms with Gasteiger partial charge in [0.15, 0.2) is 17.6 Å². The third-order valence-electron chi connectivity index (χ3n) is 3.65. The molecule has 1 aromatic carbocycles. The quantitative estimate of drug-likeness (QED) is 0.833. The van der Waals surface area contributed by atoms with Crippen LogP contribution in [0, 0.1) is 0 Å². The van der Waals surface area contributed by atoms with Gasteiger partial charge in [-0.3, -0.25) is 4.79 Å². The molecule has 134 valence electrons. The predicted molar refractivity (Wildman–Crippen MR) is 77.8 cm³/mol. The maximum absolute atomic E-state index is 12.8.